The van der Waals surface area contributed by atoms with Gasteiger partial charge in [-0.3, -0.25) is 4.79 Å². The minimum Gasteiger partial charge on any atom is -0.507 e. The SMILES string of the molecule is COc1ccc(O)c(C(=O)N2C[C@@H](O)C[C@H]2C(=O)O)c1. The monoisotopic (exact) mass is 281 g/mol. The molecule has 1 amide bonds. The van der Waals surface area contributed by atoms with Crippen LogP contribution in [0.2, 0.25) is 0 Å². The highest BCUT2D eigenvalue weighted by molar-refractivity contribution is 5.99. The lowest BCUT2D eigenvalue weighted by atomic mass is 10.1. The highest BCUT2D eigenvalue weighted by atomic mass is 16.5. The zero-order valence-electron chi connectivity index (χ0n) is 10.8. The summed E-state index contributed by atoms with van der Waals surface area (Å²) in [6.07, 6.45) is -0.904. The van der Waals surface area contributed by atoms with Crippen molar-refractivity contribution in [2.24, 2.45) is 0 Å². The van der Waals surface area contributed by atoms with Crippen LogP contribution in [0.15, 0.2) is 18.2 Å². The summed E-state index contributed by atoms with van der Waals surface area (Å²) in [6, 6.07) is 3.03. The zero-order chi connectivity index (χ0) is 14.9. The average molecular weight is 281 g/mol. The second kappa shape index (κ2) is 5.38. The van der Waals surface area contributed by atoms with Gasteiger partial charge in [0.05, 0.1) is 18.8 Å². The molecule has 7 nitrogen and oxygen atoms in total. The number of carbonyl (C=O) groups is 2. The number of aliphatic carboxylic acids is 1. The minimum atomic E-state index is -1.18. The Balaban J connectivity index is 2.33. The molecular formula is C13H15NO6. The lowest BCUT2D eigenvalue weighted by Crippen LogP contribution is -2.40. The van der Waals surface area contributed by atoms with E-state index >= 15 is 0 Å². The topological polar surface area (TPSA) is 107 Å². The molecule has 3 N–H and O–H groups in total. The van der Waals surface area contributed by atoms with Gasteiger partial charge < -0.3 is 25.0 Å². The predicted octanol–water partition coefficient (Wildman–Crippen LogP) is 0.0608. The van der Waals surface area contributed by atoms with Crippen molar-refractivity contribution in [3.05, 3.63) is 23.8 Å². The number of ether oxygens (including phenoxy) is 1. The molecule has 0 aromatic heterocycles. The Morgan fingerprint density at radius 3 is 2.70 bits per heavy atom. The maximum atomic E-state index is 12.3. The van der Waals surface area contributed by atoms with Crippen molar-refractivity contribution in [1.82, 2.24) is 4.90 Å². The second-order valence-corrected chi connectivity index (χ2v) is 4.58. The highest BCUT2D eigenvalue weighted by Gasteiger charge is 2.39. The van der Waals surface area contributed by atoms with E-state index in [9.17, 15) is 19.8 Å². The quantitative estimate of drug-likeness (QED) is 0.723. The number of aromatic hydroxyl groups is 1. The van der Waals surface area contributed by atoms with Gasteiger partial charge in [0.2, 0.25) is 0 Å². The smallest absolute Gasteiger partial charge is 0.326 e. The maximum Gasteiger partial charge on any atom is 0.326 e. The summed E-state index contributed by atoms with van der Waals surface area (Å²) in [5.74, 6) is -1.72. The van der Waals surface area contributed by atoms with Crippen LogP contribution in [0.4, 0.5) is 0 Å². The van der Waals surface area contributed by atoms with E-state index in [1.807, 2.05) is 0 Å². The van der Waals surface area contributed by atoms with E-state index in [0.717, 1.165) is 4.90 Å². The number of benzene rings is 1. The van der Waals surface area contributed by atoms with Crippen LogP contribution in [-0.2, 0) is 4.79 Å². The third-order valence-corrected chi connectivity index (χ3v) is 3.26. The van der Waals surface area contributed by atoms with Gasteiger partial charge in [-0.2, -0.15) is 0 Å². The normalized spacial score (nSPS) is 21.8. The molecular weight excluding hydrogens is 266 g/mol. The molecule has 1 aliphatic heterocycles. The van der Waals surface area contributed by atoms with Crippen LogP contribution in [0.5, 0.6) is 11.5 Å². The molecule has 1 fully saturated rings. The third-order valence-electron chi connectivity index (χ3n) is 3.26. The summed E-state index contributed by atoms with van der Waals surface area (Å²) in [7, 11) is 1.42. The average Bonchev–Trinajstić information content (AvgIpc) is 2.81. The first kappa shape index (κ1) is 14.1. The molecule has 2 atom stereocenters. The summed E-state index contributed by atoms with van der Waals surface area (Å²) in [5.41, 5.74) is -0.0512. The number of nitrogens with zero attached hydrogens (tertiary/aromatic N) is 1. The zero-order valence-corrected chi connectivity index (χ0v) is 10.8. The van der Waals surface area contributed by atoms with Crippen LogP contribution in [0.25, 0.3) is 0 Å². The van der Waals surface area contributed by atoms with Gasteiger partial charge in [0.1, 0.15) is 17.5 Å². The number of aliphatic hydroxyl groups excluding tert-OH is 1. The molecule has 0 radical (unpaired) electrons. The van der Waals surface area contributed by atoms with E-state index in [1.54, 1.807) is 0 Å². The van der Waals surface area contributed by atoms with Crippen LogP contribution in [0, 0.1) is 0 Å². The molecule has 7 heteroatoms. The van der Waals surface area contributed by atoms with Gasteiger partial charge in [0.15, 0.2) is 0 Å². The first-order valence-electron chi connectivity index (χ1n) is 6.03. The van der Waals surface area contributed by atoms with Crippen molar-refractivity contribution < 1.29 is 29.6 Å². The van der Waals surface area contributed by atoms with Gasteiger partial charge in [-0.1, -0.05) is 0 Å². The third kappa shape index (κ3) is 2.53. The fraction of sp³-hybridized carbons (Fsp3) is 0.385. The number of phenolic OH excluding ortho intramolecular Hbond substituents is 1. The molecule has 1 saturated heterocycles. The molecule has 0 unspecified atom stereocenters. The van der Waals surface area contributed by atoms with Crippen LogP contribution >= 0.6 is 0 Å². The van der Waals surface area contributed by atoms with Crippen LogP contribution in [-0.4, -0.2) is 57.9 Å². The Bertz CT molecular complexity index is 544. The van der Waals surface area contributed by atoms with Crippen molar-refractivity contribution >= 4 is 11.9 Å². The molecule has 0 bridgehead atoms. The first-order valence-corrected chi connectivity index (χ1v) is 6.03. The fourth-order valence-electron chi connectivity index (χ4n) is 2.24. The number of carbonyl (C=O) groups excluding carboxylic acids is 1. The van der Waals surface area contributed by atoms with Crippen LogP contribution in [0.3, 0.4) is 0 Å². The Morgan fingerprint density at radius 2 is 2.10 bits per heavy atom. The lowest BCUT2D eigenvalue weighted by Gasteiger charge is -2.21. The van der Waals surface area contributed by atoms with Gasteiger partial charge in [0, 0.05) is 13.0 Å². The molecule has 2 rings (SSSR count). The van der Waals surface area contributed by atoms with Crippen molar-refractivity contribution in [3.63, 3.8) is 0 Å². The summed E-state index contributed by atoms with van der Waals surface area (Å²) >= 11 is 0. The maximum absolute atomic E-state index is 12.3. The summed E-state index contributed by atoms with van der Waals surface area (Å²) in [4.78, 5) is 24.5. The molecule has 1 heterocycles. The molecule has 1 aromatic carbocycles. The lowest BCUT2D eigenvalue weighted by molar-refractivity contribution is -0.141. The van der Waals surface area contributed by atoms with E-state index in [4.69, 9.17) is 9.84 Å². The number of methoxy groups -OCH3 is 1. The van der Waals surface area contributed by atoms with E-state index in [0.29, 0.717) is 5.75 Å². The number of phenols is 1. The minimum absolute atomic E-state index is 0.0220. The number of amides is 1. The molecule has 20 heavy (non-hydrogen) atoms. The first-order chi connectivity index (χ1) is 9.43. The number of hydrogen-bond acceptors (Lipinski definition) is 5. The van der Waals surface area contributed by atoms with Crippen molar-refractivity contribution in [2.45, 2.75) is 18.6 Å². The fourth-order valence-corrected chi connectivity index (χ4v) is 2.24. The number of hydrogen-bond donors (Lipinski definition) is 3. The van der Waals surface area contributed by atoms with Crippen LogP contribution in [0.1, 0.15) is 16.8 Å². The standard InChI is InChI=1S/C13H15NO6/c1-20-8-2-3-11(16)9(5-8)12(17)14-6-7(15)4-10(14)13(18)19/h2-3,5,7,10,15-16H,4,6H2,1H3,(H,18,19)/t7-,10-/m0/s1. The van der Waals surface area contributed by atoms with Gasteiger partial charge in [-0.05, 0) is 18.2 Å². The number of aliphatic hydroxyl groups is 1. The molecule has 1 aliphatic rings. The van der Waals surface area contributed by atoms with Gasteiger partial charge in [-0.25, -0.2) is 4.79 Å². The highest BCUT2D eigenvalue weighted by Crippen LogP contribution is 2.27. The van der Waals surface area contributed by atoms with Gasteiger partial charge >= 0.3 is 5.97 Å². The largest absolute Gasteiger partial charge is 0.507 e. The van der Waals surface area contributed by atoms with E-state index in [2.05, 4.69) is 0 Å². The Kier molecular flexibility index (Phi) is 3.80. The molecule has 0 aliphatic carbocycles. The molecule has 1 aromatic rings. The summed E-state index contributed by atoms with van der Waals surface area (Å²) in [5, 5.41) is 28.4. The van der Waals surface area contributed by atoms with Gasteiger partial charge in [0.25, 0.3) is 5.91 Å². The number of β-amino-alcohol motifs (C(OH)–C–C–N with tert-alkyl or cyclic N) is 1. The number of carboxylic acid groups (broad SMARTS) is 1. The van der Waals surface area contributed by atoms with Crippen molar-refractivity contribution in [1.29, 1.82) is 0 Å². The predicted molar refractivity (Wildman–Crippen MR) is 67.7 cm³/mol. The summed E-state index contributed by atoms with van der Waals surface area (Å²) in [6.45, 7) is -0.0769. The van der Waals surface area contributed by atoms with E-state index in [-0.39, 0.29) is 24.3 Å². The number of likely N-dealkylation sites (tertiary alicyclic amines) is 1. The molecule has 108 valence electrons. The molecule has 0 saturated carbocycles. The molecule has 0 spiro atoms. The van der Waals surface area contributed by atoms with E-state index in [1.165, 1.54) is 25.3 Å². The Labute approximate surface area is 115 Å². The number of carboxylic acids is 1. The van der Waals surface area contributed by atoms with E-state index < -0.39 is 24.0 Å². The second-order valence-electron chi connectivity index (χ2n) is 4.58. The van der Waals surface area contributed by atoms with Crippen LogP contribution < -0.4 is 4.74 Å². The Hall–Kier alpha value is -2.28. The van der Waals surface area contributed by atoms with Crippen molar-refractivity contribution in [2.75, 3.05) is 13.7 Å². The van der Waals surface area contributed by atoms with Gasteiger partial charge in [-0.15, -0.1) is 0 Å². The Morgan fingerprint density at radius 1 is 1.40 bits per heavy atom. The summed E-state index contributed by atoms with van der Waals surface area (Å²) < 4.78 is 4.97. The number of rotatable bonds is 3. The van der Waals surface area contributed by atoms with Crippen molar-refractivity contribution in [3.8, 4) is 11.5 Å².